The van der Waals surface area contributed by atoms with Gasteiger partial charge in [-0.25, -0.2) is 9.97 Å². The maximum atomic E-state index is 12.9. The molecule has 1 aliphatic rings. The zero-order valence-electron chi connectivity index (χ0n) is 15.6. The molecule has 0 unspecified atom stereocenters. The molecular weight excluding hydrogens is 379 g/mol. The number of alkyl halides is 3. The number of rotatable bonds is 3. The summed E-state index contributed by atoms with van der Waals surface area (Å²) < 4.78 is 38.8. The van der Waals surface area contributed by atoms with Crippen molar-refractivity contribution < 1.29 is 18.0 Å². The maximum absolute atomic E-state index is 12.9. The molecule has 29 heavy (non-hydrogen) atoms. The first-order valence-corrected chi connectivity index (χ1v) is 9.21. The van der Waals surface area contributed by atoms with Gasteiger partial charge in [0.1, 0.15) is 0 Å². The lowest BCUT2D eigenvalue weighted by Crippen LogP contribution is -2.22. The first-order valence-electron chi connectivity index (χ1n) is 9.21. The molecule has 0 saturated carbocycles. The lowest BCUT2D eigenvalue weighted by Gasteiger charge is -2.24. The van der Waals surface area contributed by atoms with E-state index in [1.807, 2.05) is 30.3 Å². The Morgan fingerprint density at radius 1 is 1.00 bits per heavy atom. The second-order valence-corrected chi connectivity index (χ2v) is 7.10. The molecule has 1 heterocycles. The Hall–Kier alpha value is -3.22. The van der Waals surface area contributed by atoms with Gasteiger partial charge in [0, 0.05) is 12.1 Å². The van der Waals surface area contributed by atoms with Gasteiger partial charge in [0.25, 0.3) is 0 Å². The van der Waals surface area contributed by atoms with Crippen LogP contribution in [0.25, 0.3) is 0 Å². The van der Waals surface area contributed by atoms with Crippen molar-refractivity contribution in [2.75, 3.05) is 5.32 Å². The molecule has 2 aromatic carbocycles. The number of nitrogens with one attached hydrogen (secondary N) is 1. The normalized spacial score (nSPS) is 16.4. The highest BCUT2D eigenvalue weighted by Crippen LogP contribution is 2.34. The zero-order valence-corrected chi connectivity index (χ0v) is 15.6. The SMILES string of the molecule is Cc1nc(Nc2cccc(C(F)(F)F)c2)nc2c1C(=O)C[C@@H](c1ccccc1)C2. The van der Waals surface area contributed by atoms with Gasteiger partial charge < -0.3 is 5.32 Å². The van der Waals surface area contributed by atoms with Crippen molar-refractivity contribution in [2.45, 2.75) is 31.9 Å². The van der Waals surface area contributed by atoms with E-state index in [1.165, 1.54) is 12.1 Å². The van der Waals surface area contributed by atoms with Crippen molar-refractivity contribution in [3.05, 3.63) is 82.7 Å². The van der Waals surface area contributed by atoms with E-state index in [0.717, 1.165) is 17.7 Å². The number of fused-ring (bicyclic) bond motifs is 1. The number of hydrogen-bond acceptors (Lipinski definition) is 4. The van der Waals surface area contributed by atoms with E-state index in [9.17, 15) is 18.0 Å². The zero-order chi connectivity index (χ0) is 20.6. The monoisotopic (exact) mass is 397 g/mol. The number of aryl methyl sites for hydroxylation is 1. The van der Waals surface area contributed by atoms with Crippen molar-refractivity contribution in [1.82, 2.24) is 9.97 Å². The predicted molar refractivity (Wildman–Crippen MR) is 103 cm³/mol. The summed E-state index contributed by atoms with van der Waals surface area (Å²) in [5.41, 5.74) is 2.22. The van der Waals surface area contributed by atoms with E-state index in [0.29, 0.717) is 29.8 Å². The number of Topliss-reactive ketones (excluding diaryl/α,β-unsaturated/α-hetero) is 1. The molecule has 1 atom stereocenters. The van der Waals surface area contributed by atoms with Gasteiger partial charge in [0.2, 0.25) is 5.95 Å². The highest BCUT2D eigenvalue weighted by atomic mass is 19.4. The Morgan fingerprint density at radius 2 is 1.76 bits per heavy atom. The number of nitrogens with zero attached hydrogens (tertiary/aromatic N) is 2. The van der Waals surface area contributed by atoms with Crippen molar-refractivity contribution in [1.29, 1.82) is 0 Å². The minimum Gasteiger partial charge on any atom is -0.324 e. The van der Waals surface area contributed by atoms with Gasteiger partial charge in [0.05, 0.1) is 22.5 Å². The summed E-state index contributed by atoms with van der Waals surface area (Å²) in [5.74, 6) is 0.192. The van der Waals surface area contributed by atoms with Crippen LogP contribution in [0.1, 0.15) is 45.2 Å². The Bertz CT molecular complexity index is 1060. The maximum Gasteiger partial charge on any atom is 0.416 e. The van der Waals surface area contributed by atoms with Crippen LogP contribution in [0.15, 0.2) is 54.6 Å². The molecule has 0 radical (unpaired) electrons. The topological polar surface area (TPSA) is 54.9 Å². The van der Waals surface area contributed by atoms with Gasteiger partial charge in [-0.05, 0) is 43.0 Å². The van der Waals surface area contributed by atoms with Gasteiger partial charge in [-0.15, -0.1) is 0 Å². The summed E-state index contributed by atoms with van der Waals surface area (Å²) >= 11 is 0. The number of benzene rings is 2. The lowest BCUT2D eigenvalue weighted by atomic mass is 9.81. The second kappa shape index (κ2) is 7.31. The van der Waals surface area contributed by atoms with Gasteiger partial charge in [-0.1, -0.05) is 36.4 Å². The van der Waals surface area contributed by atoms with Gasteiger partial charge in [-0.2, -0.15) is 13.2 Å². The molecule has 1 aliphatic carbocycles. The summed E-state index contributed by atoms with van der Waals surface area (Å²) in [6, 6.07) is 14.6. The number of hydrogen-bond donors (Lipinski definition) is 1. The molecule has 0 spiro atoms. The number of carbonyl (C=O) groups is 1. The largest absolute Gasteiger partial charge is 0.416 e. The van der Waals surface area contributed by atoms with E-state index in [1.54, 1.807) is 6.92 Å². The van der Waals surface area contributed by atoms with E-state index in [2.05, 4.69) is 15.3 Å². The fourth-order valence-electron chi connectivity index (χ4n) is 3.69. The molecule has 7 heteroatoms. The van der Waals surface area contributed by atoms with Crippen molar-refractivity contribution in [3.8, 4) is 0 Å². The van der Waals surface area contributed by atoms with Crippen LogP contribution in [0.2, 0.25) is 0 Å². The predicted octanol–water partition coefficient (Wildman–Crippen LogP) is 5.46. The molecule has 148 valence electrons. The molecule has 4 rings (SSSR count). The van der Waals surface area contributed by atoms with Crippen LogP contribution >= 0.6 is 0 Å². The van der Waals surface area contributed by atoms with Crippen LogP contribution in [0.5, 0.6) is 0 Å². The molecule has 0 amide bonds. The first-order chi connectivity index (χ1) is 13.8. The van der Waals surface area contributed by atoms with Crippen LogP contribution in [0.3, 0.4) is 0 Å². The smallest absolute Gasteiger partial charge is 0.324 e. The highest BCUT2D eigenvalue weighted by molar-refractivity contribution is 5.99. The fraction of sp³-hybridized carbons (Fsp3) is 0.227. The summed E-state index contributed by atoms with van der Waals surface area (Å²) in [4.78, 5) is 21.4. The minimum absolute atomic E-state index is 0.0109. The van der Waals surface area contributed by atoms with Crippen LogP contribution in [-0.4, -0.2) is 15.8 Å². The number of halogens is 3. The summed E-state index contributed by atoms with van der Waals surface area (Å²) in [6.45, 7) is 1.72. The van der Waals surface area contributed by atoms with Gasteiger partial charge >= 0.3 is 6.18 Å². The summed E-state index contributed by atoms with van der Waals surface area (Å²) in [5, 5.41) is 2.84. The van der Waals surface area contributed by atoms with Crippen LogP contribution < -0.4 is 5.32 Å². The quantitative estimate of drug-likeness (QED) is 0.638. The summed E-state index contributed by atoms with van der Waals surface area (Å²) in [6.07, 6.45) is -3.47. The molecule has 0 bridgehead atoms. The highest BCUT2D eigenvalue weighted by Gasteiger charge is 2.31. The third-order valence-electron chi connectivity index (χ3n) is 5.03. The van der Waals surface area contributed by atoms with Crippen molar-refractivity contribution in [2.24, 2.45) is 0 Å². The van der Waals surface area contributed by atoms with Gasteiger partial charge in [0.15, 0.2) is 5.78 Å². The summed E-state index contributed by atoms with van der Waals surface area (Å²) in [7, 11) is 0. The second-order valence-electron chi connectivity index (χ2n) is 7.10. The van der Waals surface area contributed by atoms with E-state index >= 15 is 0 Å². The molecule has 0 fully saturated rings. The fourth-order valence-corrected chi connectivity index (χ4v) is 3.69. The Labute approximate surface area is 165 Å². The molecule has 1 aromatic heterocycles. The van der Waals surface area contributed by atoms with Crippen LogP contribution in [0, 0.1) is 6.92 Å². The van der Waals surface area contributed by atoms with E-state index in [-0.39, 0.29) is 23.3 Å². The minimum atomic E-state index is -4.43. The first kappa shape index (κ1) is 19.1. The molecule has 0 aliphatic heterocycles. The molecule has 4 nitrogen and oxygen atoms in total. The molecule has 1 N–H and O–H groups in total. The number of carbonyl (C=O) groups excluding carboxylic acids is 1. The third-order valence-corrected chi connectivity index (χ3v) is 5.03. The molecule has 3 aromatic rings. The third kappa shape index (κ3) is 3.99. The van der Waals surface area contributed by atoms with E-state index in [4.69, 9.17) is 0 Å². The standard InChI is InChI=1S/C22H18F3N3O/c1-13-20-18(10-15(11-19(20)29)14-6-3-2-4-7-14)28-21(26-13)27-17-9-5-8-16(12-17)22(23,24)25/h2-9,12,15H,10-11H2,1H3,(H,26,27,28)/t15-/m0/s1. The van der Waals surface area contributed by atoms with Crippen LogP contribution in [0.4, 0.5) is 24.8 Å². The van der Waals surface area contributed by atoms with E-state index < -0.39 is 11.7 Å². The van der Waals surface area contributed by atoms with Crippen molar-refractivity contribution >= 4 is 17.4 Å². The Morgan fingerprint density at radius 3 is 2.48 bits per heavy atom. The van der Waals surface area contributed by atoms with Crippen molar-refractivity contribution in [3.63, 3.8) is 0 Å². The van der Waals surface area contributed by atoms with Crippen LogP contribution in [-0.2, 0) is 12.6 Å². The number of aromatic nitrogens is 2. The lowest BCUT2D eigenvalue weighted by molar-refractivity contribution is -0.137. The van der Waals surface area contributed by atoms with Gasteiger partial charge in [-0.3, -0.25) is 4.79 Å². The molecule has 0 saturated heterocycles. The average molecular weight is 397 g/mol. The Kier molecular flexibility index (Phi) is 4.82. The number of anilines is 2. The average Bonchev–Trinajstić information content (AvgIpc) is 2.67. The molecular formula is C22H18F3N3O. The Balaban J connectivity index is 1.65. The number of ketones is 1.